The number of nitrogens with one attached hydrogen (secondary N) is 4. The average Bonchev–Trinajstić information content (AvgIpc) is 3.66. The van der Waals surface area contributed by atoms with E-state index in [1.807, 2.05) is 26.0 Å². The van der Waals surface area contributed by atoms with E-state index in [0.29, 0.717) is 35.5 Å². The van der Waals surface area contributed by atoms with E-state index in [9.17, 15) is 24.0 Å². The molecule has 0 spiro atoms. The molecule has 3 atom stereocenters. The van der Waals surface area contributed by atoms with E-state index in [1.54, 1.807) is 36.4 Å². The number of benzene rings is 2. The van der Waals surface area contributed by atoms with Crippen molar-refractivity contribution in [1.29, 1.82) is 0 Å². The van der Waals surface area contributed by atoms with Gasteiger partial charge < -0.3 is 21.1 Å². The quantitative estimate of drug-likeness (QED) is 0.186. The Morgan fingerprint density at radius 2 is 1.72 bits per heavy atom. The van der Waals surface area contributed by atoms with Gasteiger partial charge >= 0.3 is 5.97 Å². The van der Waals surface area contributed by atoms with Gasteiger partial charge in [-0.25, -0.2) is 0 Å². The Morgan fingerprint density at radius 1 is 1.02 bits per heavy atom. The maximum Gasteiger partial charge on any atom is 0.307 e. The molecule has 226 valence electrons. The summed E-state index contributed by atoms with van der Waals surface area (Å²) in [4.78, 5) is 64.9. The molecular weight excluding hydrogens is 556 g/mol. The normalized spacial score (nSPS) is 15.2. The van der Waals surface area contributed by atoms with Crippen molar-refractivity contribution in [2.75, 3.05) is 11.4 Å². The van der Waals surface area contributed by atoms with E-state index >= 15 is 0 Å². The topological polar surface area (TPSA) is 199 Å². The highest BCUT2D eigenvalue weighted by molar-refractivity contribution is 6.05. The second-order valence-corrected chi connectivity index (χ2v) is 10.4. The molecule has 14 heteroatoms. The number of carbonyl (C=O) groups excluding carboxylic acids is 4. The Morgan fingerprint density at radius 3 is 2.37 bits per heavy atom. The average molecular weight is 591 g/mol. The smallest absolute Gasteiger partial charge is 0.307 e. The van der Waals surface area contributed by atoms with Gasteiger partial charge in [-0.2, -0.15) is 5.21 Å². The molecule has 0 saturated heterocycles. The van der Waals surface area contributed by atoms with Crippen molar-refractivity contribution >= 4 is 35.3 Å². The number of tetrazole rings is 1. The molecule has 0 fully saturated rings. The van der Waals surface area contributed by atoms with Crippen LogP contribution in [0.2, 0.25) is 0 Å². The molecule has 1 aliphatic heterocycles. The molecule has 0 radical (unpaired) electrons. The monoisotopic (exact) mass is 590 g/mol. The zero-order chi connectivity index (χ0) is 30.9. The summed E-state index contributed by atoms with van der Waals surface area (Å²) in [6.45, 7) is 3.37. The summed E-state index contributed by atoms with van der Waals surface area (Å²) in [5.74, 6) is -2.66. The lowest BCUT2D eigenvalue weighted by Crippen LogP contribution is -2.54. The minimum Gasteiger partial charge on any atom is -0.481 e. The summed E-state index contributed by atoms with van der Waals surface area (Å²) >= 11 is 0. The maximum atomic E-state index is 13.4. The van der Waals surface area contributed by atoms with E-state index in [-0.39, 0.29) is 37.8 Å². The molecule has 2 unspecified atom stereocenters. The molecule has 43 heavy (non-hydrogen) atoms. The number of amides is 4. The van der Waals surface area contributed by atoms with Crippen LogP contribution in [0.5, 0.6) is 0 Å². The van der Waals surface area contributed by atoms with Crippen molar-refractivity contribution in [3.8, 4) is 0 Å². The minimum absolute atomic E-state index is 0.00227. The molecule has 1 aliphatic rings. The Kier molecular flexibility index (Phi) is 10.1. The highest BCUT2D eigenvalue weighted by Gasteiger charge is 2.38. The Labute approximate surface area is 247 Å². The third-order valence-electron chi connectivity index (χ3n) is 7.33. The van der Waals surface area contributed by atoms with Crippen LogP contribution in [-0.2, 0) is 49.8 Å². The molecule has 14 nitrogen and oxygen atoms in total. The number of hydrogen-bond acceptors (Lipinski definition) is 8. The van der Waals surface area contributed by atoms with Crippen LogP contribution in [0.3, 0.4) is 0 Å². The number of anilines is 1. The summed E-state index contributed by atoms with van der Waals surface area (Å²) in [5.41, 5.74) is 2.69. The van der Waals surface area contributed by atoms with Crippen LogP contribution in [0, 0.1) is 5.92 Å². The van der Waals surface area contributed by atoms with Gasteiger partial charge in [0.1, 0.15) is 12.1 Å². The Bertz CT molecular complexity index is 1460. The van der Waals surface area contributed by atoms with Gasteiger partial charge in [0, 0.05) is 12.1 Å². The van der Waals surface area contributed by atoms with Crippen molar-refractivity contribution in [3.05, 3.63) is 71.0 Å². The van der Waals surface area contributed by atoms with Gasteiger partial charge in [0.2, 0.25) is 23.6 Å². The van der Waals surface area contributed by atoms with Gasteiger partial charge in [0.25, 0.3) is 0 Å². The second kappa shape index (κ2) is 14.2. The van der Waals surface area contributed by atoms with E-state index in [4.69, 9.17) is 5.11 Å². The van der Waals surface area contributed by atoms with Crippen LogP contribution in [0.15, 0.2) is 48.5 Å². The molecule has 1 aromatic heterocycles. The second-order valence-electron chi connectivity index (χ2n) is 10.4. The number of para-hydroxylation sites is 1. The number of carbonyl (C=O) groups is 5. The van der Waals surface area contributed by atoms with Crippen molar-refractivity contribution in [1.82, 2.24) is 36.6 Å². The first-order chi connectivity index (χ1) is 20.7. The van der Waals surface area contributed by atoms with Gasteiger partial charge in [0.15, 0.2) is 5.82 Å². The van der Waals surface area contributed by atoms with Crippen LogP contribution >= 0.6 is 0 Å². The first kappa shape index (κ1) is 30.8. The molecule has 0 bridgehead atoms. The number of rotatable bonds is 13. The zero-order valence-electron chi connectivity index (χ0n) is 23.9. The largest absolute Gasteiger partial charge is 0.481 e. The summed E-state index contributed by atoms with van der Waals surface area (Å²) in [6.07, 6.45) is 0.781. The number of carboxylic acids is 1. The number of aromatic nitrogens is 4. The number of aliphatic carboxylic acids is 1. The van der Waals surface area contributed by atoms with Gasteiger partial charge in [-0.3, -0.25) is 28.9 Å². The molecule has 2 heterocycles. The zero-order valence-corrected chi connectivity index (χ0v) is 23.9. The van der Waals surface area contributed by atoms with E-state index < -0.39 is 35.8 Å². The SMILES string of the molecule is CCC(C)C(NC(=O)Cc1ccc(CC(=O)O)cc1)C(=O)NCC(=O)N1c2ccccc2C[C@H]1C(=O)NCc1nn[nH]n1. The van der Waals surface area contributed by atoms with Crippen LogP contribution in [0.1, 0.15) is 42.8 Å². The van der Waals surface area contributed by atoms with Gasteiger partial charge in [-0.05, 0) is 28.7 Å². The number of hydrogen-bond donors (Lipinski definition) is 5. The number of carboxylic acid groups (broad SMARTS) is 1. The maximum absolute atomic E-state index is 13.4. The molecule has 0 saturated carbocycles. The Balaban J connectivity index is 1.38. The minimum atomic E-state index is -0.945. The van der Waals surface area contributed by atoms with Crippen LogP contribution in [0.4, 0.5) is 5.69 Å². The van der Waals surface area contributed by atoms with Crippen molar-refractivity contribution in [2.45, 2.75) is 58.2 Å². The summed E-state index contributed by atoms with van der Waals surface area (Å²) in [5, 5.41) is 30.5. The van der Waals surface area contributed by atoms with Crippen molar-refractivity contribution in [2.24, 2.45) is 5.92 Å². The fourth-order valence-corrected chi connectivity index (χ4v) is 4.86. The lowest BCUT2D eigenvalue weighted by molar-refractivity contribution is -0.136. The van der Waals surface area contributed by atoms with Crippen molar-refractivity contribution in [3.63, 3.8) is 0 Å². The van der Waals surface area contributed by atoms with Crippen molar-refractivity contribution < 1.29 is 29.1 Å². The van der Waals surface area contributed by atoms with Gasteiger partial charge in [0.05, 0.1) is 25.9 Å². The standard InChI is InChI=1S/C29H34N8O6/c1-3-17(2)27(32-24(38)12-18-8-10-19(11-9-18)13-26(40)41)29(43)31-16-25(39)37-21-7-5-4-6-20(21)14-22(37)28(42)30-15-23-33-35-36-34-23/h4-11,17,22,27H,3,12-16H2,1-2H3,(H,30,42)(H,31,43)(H,32,38)(H,40,41)(H,33,34,35,36)/t17?,22-,27?/m0/s1. The predicted molar refractivity (Wildman–Crippen MR) is 153 cm³/mol. The van der Waals surface area contributed by atoms with E-state index in [2.05, 4.69) is 36.6 Å². The third-order valence-corrected chi connectivity index (χ3v) is 7.33. The Hall–Kier alpha value is -5.14. The van der Waals surface area contributed by atoms with Crippen LogP contribution in [0.25, 0.3) is 0 Å². The predicted octanol–water partition coefficient (Wildman–Crippen LogP) is 0.291. The number of H-pyrrole nitrogens is 1. The number of aromatic amines is 1. The molecular formula is C29H34N8O6. The first-order valence-corrected chi connectivity index (χ1v) is 13.9. The van der Waals surface area contributed by atoms with Crippen LogP contribution in [-0.4, -0.2) is 74.0 Å². The van der Waals surface area contributed by atoms with Crippen LogP contribution < -0.4 is 20.9 Å². The molecule has 0 aliphatic carbocycles. The highest BCUT2D eigenvalue weighted by Crippen LogP contribution is 2.32. The van der Waals surface area contributed by atoms with Gasteiger partial charge in [-0.1, -0.05) is 67.9 Å². The van der Waals surface area contributed by atoms with E-state index in [0.717, 1.165) is 5.56 Å². The lowest BCUT2D eigenvalue weighted by Gasteiger charge is -2.27. The summed E-state index contributed by atoms with van der Waals surface area (Å²) in [6, 6.07) is 12.1. The molecule has 5 N–H and O–H groups in total. The first-order valence-electron chi connectivity index (χ1n) is 13.9. The van der Waals surface area contributed by atoms with E-state index in [1.165, 1.54) is 4.90 Å². The molecule has 4 amide bonds. The highest BCUT2D eigenvalue weighted by atomic mass is 16.4. The lowest BCUT2D eigenvalue weighted by atomic mass is 9.97. The summed E-state index contributed by atoms with van der Waals surface area (Å²) in [7, 11) is 0. The third kappa shape index (κ3) is 7.99. The fourth-order valence-electron chi connectivity index (χ4n) is 4.86. The number of fused-ring (bicyclic) bond motifs is 1. The fraction of sp³-hybridized carbons (Fsp3) is 0.379. The number of nitrogens with zero attached hydrogens (tertiary/aromatic N) is 4. The molecule has 4 rings (SSSR count). The molecule has 2 aromatic carbocycles. The summed E-state index contributed by atoms with van der Waals surface area (Å²) < 4.78 is 0. The van der Waals surface area contributed by atoms with Gasteiger partial charge in [-0.15, -0.1) is 10.2 Å². The molecule has 3 aromatic rings.